The fourth-order valence-corrected chi connectivity index (χ4v) is 1.93. The Labute approximate surface area is 65.1 Å². The topological polar surface area (TPSA) is 12.9 Å². The zero-order valence-corrected chi connectivity index (χ0v) is 6.95. The average molecular weight is 153 g/mol. The van der Waals surface area contributed by atoms with Crippen LogP contribution in [0.1, 0.15) is 24.8 Å². The van der Waals surface area contributed by atoms with Gasteiger partial charge in [0.05, 0.1) is 5.01 Å². The van der Waals surface area contributed by atoms with Gasteiger partial charge in [-0.3, -0.25) is 0 Å². The van der Waals surface area contributed by atoms with Crippen LogP contribution in [0, 0.1) is 5.41 Å². The highest BCUT2D eigenvalue weighted by Gasteiger charge is 2.37. The van der Waals surface area contributed by atoms with Crippen molar-refractivity contribution in [3.8, 4) is 0 Å². The molecule has 0 amide bonds. The normalized spacial score (nSPS) is 20.9. The first-order valence-corrected chi connectivity index (χ1v) is 4.55. The molecule has 1 aliphatic rings. The maximum atomic E-state index is 4.26. The summed E-state index contributed by atoms with van der Waals surface area (Å²) in [6.45, 7) is 2.34. The molecule has 1 aromatic rings. The lowest BCUT2D eigenvalue weighted by Gasteiger charge is -2.02. The molecule has 0 N–H and O–H groups in total. The van der Waals surface area contributed by atoms with Crippen molar-refractivity contribution in [3.63, 3.8) is 0 Å². The summed E-state index contributed by atoms with van der Waals surface area (Å²) in [5.74, 6) is 0. The second-order valence-corrected chi connectivity index (χ2v) is 4.39. The summed E-state index contributed by atoms with van der Waals surface area (Å²) < 4.78 is 0. The van der Waals surface area contributed by atoms with E-state index in [1.807, 2.05) is 6.20 Å². The Morgan fingerprint density at radius 2 is 2.50 bits per heavy atom. The average Bonchev–Trinajstić information content (AvgIpc) is 2.47. The molecule has 2 rings (SSSR count). The Bertz CT molecular complexity index is 211. The number of hydrogen-bond acceptors (Lipinski definition) is 2. The van der Waals surface area contributed by atoms with E-state index >= 15 is 0 Å². The summed E-state index contributed by atoms with van der Waals surface area (Å²) in [7, 11) is 0. The molecule has 1 aliphatic carbocycles. The van der Waals surface area contributed by atoms with E-state index in [4.69, 9.17) is 0 Å². The van der Waals surface area contributed by atoms with Gasteiger partial charge in [0.25, 0.3) is 0 Å². The molecule has 0 aliphatic heterocycles. The van der Waals surface area contributed by atoms with Crippen molar-refractivity contribution in [1.82, 2.24) is 4.98 Å². The lowest BCUT2D eigenvalue weighted by molar-refractivity contribution is 0.568. The number of aromatic nitrogens is 1. The SMILES string of the molecule is CC1(Cc2nccs2)CC1. The Hall–Kier alpha value is -0.370. The van der Waals surface area contributed by atoms with Crippen molar-refractivity contribution in [3.05, 3.63) is 16.6 Å². The van der Waals surface area contributed by atoms with E-state index in [9.17, 15) is 0 Å². The molecule has 0 saturated heterocycles. The van der Waals surface area contributed by atoms with Crippen LogP contribution in [0.2, 0.25) is 0 Å². The lowest BCUT2D eigenvalue weighted by Crippen LogP contribution is -1.97. The Balaban J connectivity index is 2.04. The van der Waals surface area contributed by atoms with Crippen molar-refractivity contribution in [2.45, 2.75) is 26.2 Å². The Morgan fingerprint density at radius 1 is 1.70 bits per heavy atom. The monoisotopic (exact) mass is 153 g/mol. The van der Waals surface area contributed by atoms with Gasteiger partial charge in [-0.05, 0) is 18.3 Å². The molecule has 1 nitrogen and oxygen atoms in total. The van der Waals surface area contributed by atoms with Crippen molar-refractivity contribution >= 4 is 11.3 Å². The summed E-state index contributed by atoms with van der Waals surface area (Å²) in [5, 5.41) is 3.36. The van der Waals surface area contributed by atoms with Crippen molar-refractivity contribution in [2.24, 2.45) is 5.41 Å². The summed E-state index contributed by atoms with van der Waals surface area (Å²) >= 11 is 1.78. The number of hydrogen-bond donors (Lipinski definition) is 0. The summed E-state index contributed by atoms with van der Waals surface area (Å²) in [6, 6.07) is 0. The van der Waals surface area contributed by atoms with Crippen LogP contribution >= 0.6 is 11.3 Å². The molecular weight excluding hydrogens is 142 g/mol. The molecule has 1 heterocycles. The fourth-order valence-electron chi connectivity index (χ4n) is 1.10. The van der Waals surface area contributed by atoms with Gasteiger partial charge >= 0.3 is 0 Å². The van der Waals surface area contributed by atoms with E-state index in [0.29, 0.717) is 5.41 Å². The van der Waals surface area contributed by atoms with Gasteiger partial charge < -0.3 is 0 Å². The summed E-state index contributed by atoms with van der Waals surface area (Å²) in [5.41, 5.74) is 0.623. The van der Waals surface area contributed by atoms with Gasteiger partial charge in [-0.2, -0.15) is 0 Å². The molecule has 10 heavy (non-hydrogen) atoms. The predicted molar refractivity (Wildman–Crippen MR) is 43.2 cm³/mol. The van der Waals surface area contributed by atoms with Crippen LogP contribution in [0.3, 0.4) is 0 Å². The first-order valence-electron chi connectivity index (χ1n) is 3.67. The molecule has 0 unspecified atom stereocenters. The Morgan fingerprint density at radius 3 is 3.00 bits per heavy atom. The molecule has 1 fully saturated rings. The van der Waals surface area contributed by atoms with Gasteiger partial charge in [0.15, 0.2) is 0 Å². The maximum absolute atomic E-state index is 4.26. The minimum atomic E-state index is 0.623. The Kier molecular flexibility index (Phi) is 1.31. The molecule has 54 valence electrons. The first-order chi connectivity index (χ1) is 4.79. The van der Waals surface area contributed by atoms with Crippen LogP contribution < -0.4 is 0 Å². The van der Waals surface area contributed by atoms with Gasteiger partial charge in [-0.15, -0.1) is 11.3 Å². The molecule has 0 bridgehead atoms. The van der Waals surface area contributed by atoms with E-state index < -0.39 is 0 Å². The second kappa shape index (κ2) is 2.06. The van der Waals surface area contributed by atoms with Gasteiger partial charge in [-0.1, -0.05) is 6.92 Å². The second-order valence-electron chi connectivity index (χ2n) is 3.41. The van der Waals surface area contributed by atoms with Gasteiger partial charge in [0.2, 0.25) is 0 Å². The fraction of sp³-hybridized carbons (Fsp3) is 0.625. The van der Waals surface area contributed by atoms with Gasteiger partial charge in [-0.25, -0.2) is 4.98 Å². The molecule has 0 spiro atoms. The zero-order valence-electron chi connectivity index (χ0n) is 6.13. The molecule has 1 saturated carbocycles. The van der Waals surface area contributed by atoms with E-state index in [1.165, 1.54) is 24.3 Å². The van der Waals surface area contributed by atoms with Gasteiger partial charge in [0.1, 0.15) is 0 Å². The third-order valence-electron chi connectivity index (χ3n) is 2.17. The van der Waals surface area contributed by atoms with Crippen LogP contribution in [0.25, 0.3) is 0 Å². The number of nitrogens with zero attached hydrogens (tertiary/aromatic N) is 1. The third kappa shape index (κ3) is 1.21. The minimum Gasteiger partial charge on any atom is -0.250 e. The molecule has 0 radical (unpaired) electrons. The van der Waals surface area contributed by atoms with Gasteiger partial charge in [0, 0.05) is 18.0 Å². The molecule has 2 heteroatoms. The standard InChI is InChI=1S/C8H11NS/c1-8(2-3-8)6-7-9-4-5-10-7/h4-5H,2-3,6H2,1H3. The summed E-state index contributed by atoms with van der Waals surface area (Å²) in [4.78, 5) is 4.26. The summed E-state index contributed by atoms with van der Waals surface area (Å²) in [6.07, 6.45) is 5.88. The van der Waals surface area contributed by atoms with E-state index in [2.05, 4.69) is 17.3 Å². The van der Waals surface area contributed by atoms with E-state index in [0.717, 1.165) is 0 Å². The van der Waals surface area contributed by atoms with Crippen molar-refractivity contribution < 1.29 is 0 Å². The number of rotatable bonds is 2. The van der Waals surface area contributed by atoms with Crippen LogP contribution in [-0.2, 0) is 6.42 Å². The van der Waals surface area contributed by atoms with Crippen molar-refractivity contribution in [1.29, 1.82) is 0 Å². The molecule has 0 atom stereocenters. The highest BCUT2D eigenvalue weighted by molar-refractivity contribution is 7.09. The molecular formula is C8H11NS. The van der Waals surface area contributed by atoms with E-state index in [-0.39, 0.29) is 0 Å². The highest BCUT2D eigenvalue weighted by Crippen LogP contribution is 2.47. The third-order valence-corrected chi connectivity index (χ3v) is 2.94. The first kappa shape index (κ1) is 6.35. The predicted octanol–water partition coefficient (Wildman–Crippen LogP) is 2.49. The van der Waals surface area contributed by atoms with Crippen LogP contribution in [0.4, 0.5) is 0 Å². The van der Waals surface area contributed by atoms with Crippen LogP contribution in [0.5, 0.6) is 0 Å². The zero-order chi connectivity index (χ0) is 7.03. The lowest BCUT2D eigenvalue weighted by atomic mass is 10.1. The number of thiazole rings is 1. The minimum absolute atomic E-state index is 0.623. The largest absolute Gasteiger partial charge is 0.250 e. The smallest absolute Gasteiger partial charge is 0.0930 e. The quantitative estimate of drug-likeness (QED) is 0.636. The van der Waals surface area contributed by atoms with Crippen LogP contribution in [0.15, 0.2) is 11.6 Å². The highest BCUT2D eigenvalue weighted by atomic mass is 32.1. The van der Waals surface area contributed by atoms with Crippen molar-refractivity contribution in [2.75, 3.05) is 0 Å². The molecule has 0 aromatic carbocycles. The maximum Gasteiger partial charge on any atom is 0.0930 e. The van der Waals surface area contributed by atoms with E-state index in [1.54, 1.807) is 11.3 Å². The molecule has 1 aromatic heterocycles. The van der Waals surface area contributed by atoms with Crippen LogP contribution in [-0.4, -0.2) is 4.98 Å².